The van der Waals surface area contributed by atoms with E-state index < -0.39 is 17.9 Å². The maximum Gasteiger partial charge on any atom is 0.450 e. The molecule has 138 valence electrons. The van der Waals surface area contributed by atoms with Gasteiger partial charge in [-0.15, -0.1) is 0 Å². The lowest BCUT2D eigenvalue weighted by atomic mass is 10.1. The molecule has 2 atom stereocenters. The van der Waals surface area contributed by atoms with Gasteiger partial charge in [-0.3, -0.25) is 4.79 Å². The fourth-order valence-corrected chi connectivity index (χ4v) is 3.17. The molecule has 1 fully saturated rings. The van der Waals surface area contributed by atoms with E-state index in [0.29, 0.717) is 19.4 Å². The quantitative estimate of drug-likeness (QED) is 0.566. The van der Waals surface area contributed by atoms with E-state index in [4.69, 9.17) is 4.74 Å². The molecule has 26 heavy (non-hydrogen) atoms. The van der Waals surface area contributed by atoms with Crippen LogP contribution in [0.2, 0.25) is 0 Å². The SMILES string of the molecule is O=C([C@@H]1C[C@H]1CCCCOc1ccc(-c2ccccc2)cc1)C(F)(F)F. The number of hydrogen-bond donors (Lipinski definition) is 0. The highest BCUT2D eigenvalue weighted by Gasteiger charge is 2.53. The molecular weight excluding hydrogens is 341 g/mol. The first-order valence-corrected chi connectivity index (χ1v) is 8.84. The van der Waals surface area contributed by atoms with E-state index in [-0.39, 0.29) is 5.92 Å². The minimum absolute atomic E-state index is 0.103. The Morgan fingerprint density at radius 2 is 1.62 bits per heavy atom. The van der Waals surface area contributed by atoms with Crippen molar-refractivity contribution in [2.24, 2.45) is 11.8 Å². The molecule has 0 spiro atoms. The lowest BCUT2D eigenvalue weighted by Crippen LogP contribution is -2.25. The third kappa shape index (κ3) is 4.87. The van der Waals surface area contributed by atoms with Gasteiger partial charge in [0.05, 0.1) is 6.61 Å². The van der Waals surface area contributed by atoms with Gasteiger partial charge in [-0.25, -0.2) is 0 Å². The summed E-state index contributed by atoms with van der Waals surface area (Å²) in [6.07, 6.45) is -2.12. The second-order valence-corrected chi connectivity index (χ2v) is 6.70. The van der Waals surface area contributed by atoms with Crippen LogP contribution in [0.1, 0.15) is 25.7 Å². The minimum atomic E-state index is -4.69. The molecule has 1 aliphatic carbocycles. The number of ether oxygens (including phenoxy) is 1. The standard InChI is InChI=1S/C21H21F3O2/c22-21(23,24)20(25)19-14-17(19)8-4-5-13-26-18-11-9-16(10-12-18)15-6-2-1-3-7-15/h1-3,6-7,9-12,17,19H,4-5,8,13-14H2/t17-,19-/m1/s1. The molecule has 1 saturated carbocycles. The van der Waals surface area contributed by atoms with E-state index in [9.17, 15) is 18.0 Å². The third-order valence-corrected chi connectivity index (χ3v) is 4.74. The Morgan fingerprint density at radius 1 is 0.962 bits per heavy atom. The predicted molar refractivity (Wildman–Crippen MR) is 93.9 cm³/mol. The lowest BCUT2D eigenvalue weighted by molar-refractivity contribution is -0.172. The summed E-state index contributed by atoms with van der Waals surface area (Å²) in [5, 5.41) is 0. The van der Waals surface area contributed by atoms with Gasteiger partial charge in [0.2, 0.25) is 5.78 Å². The number of Topliss-reactive ketones (excluding diaryl/α,β-unsaturated/α-hetero) is 1. The zero-order valence-corrected chi connectivity index (χ0v) is 14.3. The fraction of sp³-hybridized carbons (Fsp3) is 0.381. The summed E-state index contributed by atoms with van der Waals surface area (Å²) < 4.78 is 42.6. The van der Waals surface area contributed by atoms with Gasteiger partial charge in [0.15, 0.2) is 0 Å². The molecule has 0 unspecified atom stereocenters. The van der Waals surface area contributed by atoms with Crippen molar-refractivity contribution in [3.8, 4) is 16.9 Å². The Hall–Kier alpha value is -2.30. The van der Waals surface area contributed by atoms with Crippen molar-refractivity contribution in [2.75, 3.05) is 6.61 Å². The summed E-state index contributed by atoms with van der Waals surface area (Å²) in [6.45, 7) is 0.523. The number of hydrogen-bond acceptors (Lipinski definition) is 2. The average molecular weight is 362 g/mol. The van der Waals surface area contributed by atoms with Gasteiger partial charge >= 0.3 is 6.18 Å². The molecule has 3 rings (SSSR count). The van der Waals surface area contributed by atoms with Crippen LogP contribution in [0.3, 0.4) is 0 Å². The molecule has 0 N–H and O–H groups in total. The van der Waals surface area contributed by atoms with Crippen LogP contribution in [0.5, 0.6) is 5.75 Å². The summed E-state index contributed by atoms with van der Waals surface area (Å²) in [7, 11) is 0. The first kappa shape index (κ1) is 18.5. The Kier molecular flexibility index (Phi) is 5.64. The molecule has 2 aromatic rings. The van der Waals surface area contributed by atoms with Crippen LogP contribution in [-0.4, -0.2) is 18.6 Å². The molecule has 0 aliphatic heterocycles. The van der Waals surface area contributed by atoms with Gasteiger partial charge in [-0.05, 0) is 54.9 Å². The fourth-order valence-electron chi connectivity index (χ4n) is 3.17. The van der Waals surface area contributed by atoms with Crippen molar-refractivity contribution in [1.29, 1.82) is 0 Å². The number of halogens is 3. The van der Waals surface area contributed by atoms with Crippen molar-refractivity contribution in [1.82, 2.24) is 0 Å². The van der Waals surface area contributed by atoms with Crippen LogP contribution < -0.4 is 4.74 Å². The smallest absolute Gasteiger partial charge is 0.450 e. The minimum Gasteiger partial charge on any atom is -0.494 e. The van der Waals surface area contributed by atoms with Crippen molar-refractivity contribution >= 4 is 5.78 Å². The van der Waals surface area contributed by atoms with Crippen LogP contribution in [0.15, 0.2) is 54.6 Å². The van der Waals surface area contributed by atoms with Crippen LogP contribution in [0, 0.1) is 11.8 Å². The largest absolute Gasteiger partial charge is 0.494 e. The number of alkyl halides is 3. The molecule has 0 amide bonds. The molecule has 1 aliphatic rings. The molecular formula is C21H21F3O2. The maximum absolute atomic E-state index is 12.3. The summed E-state index contributed by atoms with van der Waals surface area (Å²) in [4.78, 5) is 11.1. The van der Waals surface area contributed by atoms with Gasteiger partial charge in [0, 0.05) is 5.92 Å². The molecule has 0 saturated heterocycles. The highest BCUT2D eigenvalue weighted by molar-refractivity contribution is 5.88. The maximum atomic E-state index is 12.3. The molecule has 0 aromatic heterocycles. The summed E-state index contributed by atoms with van der Waals surface area (Å²) in [5.74, 6) is -1.69. The third-order valence-electron chi connectivity index (χ3n) is 4.74. The van der Waals surface area contributed by atoms with Crippen molar-refractivity contribution in [2.45, 2.75) is 31.9 Å². The van der Waals surface area contributed by atoms with Gasteiger partial charge in [0.25, 0.3) is 0 Å². The molecule has 2 nitrogen and oxygen atoms in total. The van der Waals surface area contributed by atoms with Gasteiger partial charge < -0.3 is 4.74 Å². The van der Waals surface area contributed by atoms with E-state index in [1.54, 1.807) is 0 Å². The second kappa shape index (κ2) is 7.94. The highest BCUT2D eigenvalue weighted by Crippen LogP contribution is 2.46. The van der Waals surface area contributed by atoms with E-state index in [1.807, 2.05) is 54.6 Å². The van der Waals surface area contributed by atoms with Gasteiger partial charge in [-0.1, -0.05) is 42.5 Å². The van der Waals surface area contributed by atoms with Crippen LogP contribution in [0.25, 0.3) is 11.1 Å². The van der Waals surface area contributed by atoms with Crippen molar-refractivity contribution < 1.29 is 22.7 Å². The molecule has 0 radical (unpaired) electrons. The number of rotatable bonds is 8. The number of carbonyl (C=O) groups excluding carboxylic acids is 1. The first-order chi connectivity index (χ1) is 12.4. The van der Waals surface area contributed by atoms with E-state index in [1.165, 1.54) is 0 Å². The Balaban J connectivity index is 1.34. The normalized spacial score (nSPS) is 19.2. The predicted octanol–water partition coefficient (Wildman–Crippen LogP) is 5.67. The average Bonchev–Trinajstić information content (AvgIpc) is 3.40. The summed E-state index contributed by atoms with van der Waals surface area (Å²) in [5.41, 5.74) is 2.26. The number of ketones is 1. The zero-order valence-electron chi connectivity index (χ0n) is 14.3. The van der Waals surface area contributed by atoms with Crippen LogP contribution in [0.4, 0.5) is 13.2 Å². The van der Waals surface area contributed by atoms with Gasteiger partial charge in [-0.2, -0.15) is 13.2 Å². The highest BCUT2D eigenvalue weighted by atomic mass is 19.4. The molecule has 0 bridgehead atoms. The lowest BCUT2D eigenvalue weighted by Gasteiger charge is -2.08. The second-order valence-electron chi connectivity index (χ2n) is 6.70. The Morgan fingerprint density at radius 3 is 2.27 bits per heavy atom. The summed E-state index contributed by atoms with van der Waals surface area (Å²) >= 11 is 0. The Labute approximate surface area is 151 Å². The number of carbonyl (C=O) groups is 1. The van der Waals surface area contributed by atoms with Gasteiger partial charge in [0.1, 0.15) is 5.75 Å². The summed E-state index contributed by atoms with van der Waals surface area (Å²) in [6, 6.07) is 17.9. The first-order valence-electron chi connectivity index (χ1n) is 8.84. The zero-order chi connectivity index (χ0) is 18.6. The van der Waals surface area contributed by atoms with E-state index in [0.717, 1.165) is 29.7 Å². The molecule has 0 heterocycles. The molecule has 5 heteroatoms. The number of benzene rings is 2. The van der Waals surface area contributed by atoms with Crippen molar-refractivity contribution in [3.05, 3.63) is 54.6 Å². The van der Waals surface area contributed by atoms with Crippen molar-refractivity contribution in [3.63, 3.8) is 0 Å². The number of unbranched alkanes of at least 4 members (excludes halogenated alkanes) is 1. The topological polar surface area (TPSA) is 26.3 Å². The monoisotopic (exact) mass is 362 g/mol. The van der Waals surface area contributed by atoms with E-state index >= 15 is 0 Å². The van der Waals surface area contributed by atoms with Crippen LogP contribution >= 0.6 is 0 Å². The van der Waals surface area contributed by atoms with Crippen LogP contribution in [-0.2, 0) is 4.79 Å². The Bertz CT molecular complexity index is 723. The molecule has 2 aromatic carbocycles. The van der Waals surface area contributed by atoms with E-state index in [2.05, 4.69) is 0 Å².